The van der Waals surface area contributed by atoms with E-state index >= 15 is 0 Å². The first-order valence-electron chi connectivity index (χ1n) is 5.90. The lowest BCUT2D eigenvalue weighted by molar-refractivity contribution is -0.115. The summed E-state index contributed by atoms with van der Waals surface area (Å²) >= 11 is 0. The molecular formula is C14H20N2O2. The van der Waals surface area contributed by atoms with Gasteiger partial charge < -0.3 is 10.6 Å². The standard InChI is InChI=1S/C14H20N2O2/c1-9(17)15-11-6-7-12(14(3,4)5)13(8-11)16-10(2)18/h6-8H,1-5H3,(H,15,17)(H,16,18). The van der Waals surface area contributed by atoms with Gasteiger partial charge in [-0.25, -0.2) is 0 Å². The number of anilines is 2. The summed E-state index contributed by atoms with van der Waals surface area (Å²) in [7, 11) is 0. The van der Waals surface area contributed by atoms with Gasteiger partial charge in [0.2, 0.25) is 11.8 Å². The van der Waals surface area contributed by atoms with Crippen molar-refractivity contribution >= 4 is 23.2 Å². The fourth-order valence-electron chi connectivity index (χ4n) is 1.77. The van der Waals surface area contributed by atoms with Crippen LogP contribution in [-0.2, 0) is 15.0 Å². The van der Waals surface area contributed by atoms with E-state index in [4.69, 9.17) is 0 Å². The van der Waals surface area contributed by atoms with Crippen molar-refractivity contribution in [1.29, 1.82) is 0 Å². The van der Waals surface area contributed by atoms with Crippen molar-refractivity contribution in [2.45, 2.75) is 40.0 Å². The molecule has 0 unspecified atom stereocenters. The van der Waals surface area contributed by atoms with E-state index in [2.05, 4.69) is 31.4 Å². The van der Waals surface area contributed by atoms with Gasteiger partial charge in [0.1, 0.15) is 0 Å². The number of benzene rings is 1. The third-order valence-corrected chi connectivity index (χ3v) is 2.46. The van der Waals surface area contributed by atoms with E-state index in [1.165, 1.54) is 13.8 Å². The zero-order valence-electron chi connectivity index (χ0n) is 11.5. The van der Waals surface area contributed by atoms with Crippen molar-refractivity contribution in [2.75, 3.05) is 10.6 Å². The fourth-order valence-corrected chi connectivity index (χ4v) is 1.77. The van der Waals surface area contributed by atoms with Crippen LogP contribution in [0.5, 0.6) is 0 Å². The van der Waals surface area contributed by atoms with E-state index < -0.39 is 0 Å². The van der Waals surface area contributed by atoms with Gasteiger partial charge in [-0.2, -0.15) is 0 Å². The van der Waals surface area contributed by atoms with Crippen LogP contribution in [0.15, 0.2) is 18.2 Å². The van der Waals surface area contributed by atoms with Crippen LogP contribution in [0, 0.1) is 0 Å². The van der Waals surface area contributed by atoms with Gasteiger partial charge in [0.15, 0.2) is 0 Å². The van der Waals surface area contributed by atoms with Crippen LogP contribution >= 0.6 is 0 Å². The lowest BCUT2D eigenvalue weighted by atomic mass is 9.85. The monoisotopic (exact) mass is 248 g/mol. The molecule has 0 heterocycles. The molecule has 0 aliphatic rings. The van der Waals surface area contributed by atoms with E-state index in [0.717, 1.165) is 11.3 Å². The molecule has 0 aromatic heterocycles. The van der Waals surface area contributed by atoms with Gasteiger partial charge in [0.05, 0.1) is 0 Å². The minimum absolute atomic E-state index is 0.0768. The molecule has 18 heavy (non-hydrogen) atoms. The number of nitrogens with one attached hydrogen (secondary N) is 2. The Hall–Kier alpha value is -1.84. The molecular weight excluding hydrogens is 228 g/mol. The summed E-state index contributed by atoms with van der Waals surface area (Å²) in [5, 5.41) is 5.51. The van der Waals surface area contributed by atoms with Gasteiger partial charge in [0, 0.05) is 25.2 Å². The highest BCUT2D eigenvalue weighted by Crippen LogP contribution is 2.31. The molecule has 0 saturated carbocycles. The Bertz CT molecular complexity index is 473. The van der Waals surface area contributed by atoms with Gasteiger partial charge in [-0.15, -0.1) is 0 Å². The predicted molar refractivity (Wildman–Crippen MR) is 73.7 cm³/mol. The fraction of sp³-hybridized carbons (Fsp3) is 0.429. The van der Waals surface area contributed by atoms with Crippen LogP contribution in [0.3, 0.4) is 0 Å². The number of amides is 2. The molecule has 2 amide bonds. The third kappa shape index (κ3) is 3.87. The van der Waals surface area contributed by atoms with Crippen molar-refractivity contribution < 1.29 is 9.59 Å². The average Bonchev–Trinajstić information content (AvgIpc) is 2.13. The number of carbonyl (C=O) groups is 2. The molecule has 4 nitrogen and oxygen atoms in total. The molecule has 4 heteroatoms. The van der Waals surface area contributed by atoms with Gasteiger partial charge in [0.25, 0.3) is 0 Å². The second-order valence-electron chi connectivity index (χ2n) is 5.37. The van der Waals surface area contributed by atoms with Crippen molar-refractivity contribution in [3.8, 4) is 0 Å². The highest BCUT2D eigenvalue weighted by molar-refractivity contribution is 5.93. The summed E-state index contributed by atoms with van der Waals surface area (Å²) in [5.41, 5.74) is 2.37. The maximum atomic E-state index is 11.2. The van der Waals surface area contributed by atoms with Gasteiger partial charge >= 0.3 is 0 Å². The Morgan fingerprint density at radius 1 is 1.00 bits per heavy atom. The Morgan fingerprint density at radius 3 is 2.00 bits per heavy atom. The van der Waals surface area contributed by atoms with Crippen LogP contribution < -0.4 is 10.6 Å². The molecule has 0 fully saturated rings. The topological polar surface area (TPSA) is 58.2 Å². The van der Waals surface area contributed by atoms with E-state index in [0.29, 0.717) is 5.69 Å². The molecule has 0 radical (unpaired) electrons. The highest BCUT2D eigenvalue weighted by Gasteiger charge is 2.19. The summed E-state index contributed by atoms with van der Waals surface area (Å²) in [6, 6.07) is 5.55. The SMILES string of the molecule is CC(=O)Nc1ccc(C(C)(C)C)c(NC(C)=O)c1. The Labute approximate surface area is 108 Å². The molecule has 1 rings (SSSR count). The summed E-state index contributed by atoms with van der Waals surface area (Å²) < 4.78 is 0. The number of hydrogen-bond donors (Lipinski definition) is 2. The first-order chi connectivity index (χ1) is 8.20. The molecule has 0 atom stereocenters. The van der Waals surface area contributed by atoms with Crippen molar-refractivity contribution in [3.05, 3.63) is 23.8 Å². The molecule has 1 aromatic rings. The van der Waals surface area contributed by atoms with Crippen molar-refractivity contribution in [1.82, 2.24) is 0 Å². The van der Waals surface area contributed by atoms with Crippen molar-refractivity contribution in [3.63, 3.8) is 0 Å². The second kappa shape index (κ2) is 5.21. The molecule has 98 valence electrons. The van der Waals surface area contributed by atoms with E-state index in [1.807, 2.05) is 12.1 Å². The Balaban J connectivity index is 3.20. The molecule has 0 bridgehead atoms. The zero-order chi connectivity index (χ0) is 13.9. The molecule has 0 aliphatic heterocycles. The van der Waals surface area contributed by atoms with Gasteiger partial charge in [-0.05, 0) is 23.1 Å². The minimum atomic E-state index is -0.132. The highest BCUT2D eigenvalue weighted by atomic mass is 16.2. The predicted octanol–water partition coefficient (Wildman–Crippen LogP) is 2.90. The normalized spacial score (nSPS) is 10.9. The summed E-state index contributed by atoms with van der Waals surface area (Å²) in [6.07, 6.45) is 0. The molecule has 0 aliphatic carbocycles. The average molecular weight is 248 g/mol. The number of rotatable bonds is 2. The van der Waals surface area contributed by atoms with Crippen LogP contribution in [0.25, 0.3) is 0 Å². The van der Waals surface area contributed by atoms with Crippen LogP contribution in [0.4, 0.5) is 11.4 Å². The summed E-state index contributed by atoms with van der Waals surface area (Å²) in [5.74, 6) is -0.257. The lowest BCUT2D eigenvalue weighted by Crippen LogP contribution is -2.17. The van der Waals surface area contributed by atoms with E-state index in [1.54, 1.807) is 6.07 Å². The number of carbonyl (C=O) groups excluding carboxylic acids is 2. The summed E-state index contributed by atoms with van der Waals surface area (Å²) in [4.78, 5) is 22.3. The maximum Gasteiger partial charge on any atom is 0.221 e. The Kier molecular flexibility index (Phi) is 4.11. The van der Waals surface area contributed by atoms with Crippen LogP contribution in [0.2, 0.25) is 0 Å². The Morgan fingerprint density at radius 2 is 1.56 bits per heavy atom. The van der Waals surface area contributed by atoms with Gasteiger partial charge in [-0.3, -0.25) is 9.59 Å². The number of hydrogen-bond acceptors (Lipinski definition) is 2. The smallest absolute Gasteiger partial charge is 0.221 e. The van der Waals surface area contributed by atoms with Gasteiger partial charge in [-0.1, -0.05) is 26.8 Å². The molecule has 0 saturated heterocycles. The van der Waals surface area contributed by atoms with E-state index in [-0.39, 0.29) is 17.2 Å². The third-order valence-electron chi connectivity index (χ3n) is 2.46. The largest absolute Gasteiger partial charge is 0.326 e. The molecule has 1 aromatic carbocycles. The van der Waals surface area contributed by atoms with Crippen LogP contribution in [0.1, 0.15) is 40.2 Å². The molecule has 0 spiro atoms. The second-order valence-corrected chi connectivity index (χ2v) is 5.37. The van der Waals surface area contributed by atoms with Crippen LogP contribution in [-0.4, -0.2) is 11.8 Å². The first kappa shape index (κ1) is 14.2. The summed E-state index contributed by atoms with van der Waals surface area (Å²) in [6.45, 7) is 9.15. The van der Waals surface area contributed by atoms with E-state index in [9.17, 15) is 9.59 Å². The maximum absolute atomic E-state index is 11.2. The van der Waals surface area contributed by atoms with Crippen molar-refractivity contribution in [2.24, 2.45) is 0 Å². The first-order valence-corrected chi connectivity index (χ1v) is 5.90. The zero-order valence-corrected chi connectivity index (χ0v) is 11.5. The lowest BCUT2D eigenvalue weighted by Gasteiger charge is -2.23. The quantitative estimate of drug-likeness (QED) is 0.845. The molecule has 2 N–H and O–H groups in total. The minimum Gasteiger partial charge on any atom is -0.326 e.